The summed E-state index contributed by atoms with van der Waals surface area (Å²) < 4.78 is 0. The van der Waals surface area contributed by atoms with Gasteiger partial charge in [0.15, 0.2) is 0 Å². The summed E-state index contributed by atoms with van der Waals surface area (Å²) in [7, 11) is 0. The Bertz CT molecular complexity index is 195. The Kier molecular flexibility index (Phi) is 7.24. The number of carboxylic acids is 1. The third kappa shape index (κ3) is 7.58. The molecule has 0 atom stereocenters. The molecule has 1 aliphatic heterocycles. The van der Waals surface area contributed by atoms with Crippen LogP contribution < -0.4 is 16.8 Å². The largest absolute Gasteiger partial charge is 0.480 e. The molecular weight excluding hydrogens is 208 g/mol. The molecule has 0 spiro atoms. The normalized spacial score (nSPS) is 17.5. The maximum atomic E-state index is 9.90. The zero-order valence-corrected chi connectivity index (χ0v) is 10.2. The van der Waals surface area contributed by atoms with E-state index in [-0.39, 0.29) is 0 Å². The van der Waals surface area contributed by atoms with E-state index < -0.39 is 11.5 Å². The predicted molar refractivity (Wildman–Crippen MR) is 64.3 cm³/mol. The van der Waals surface area contributed by atoms with Crippen molar-refractivity contribution < 1.29 is 9.90 Å². The lowest BCUT2D eigenvalue weighted by Crippen LogP contribution is -2.45. The fraction of sp³-hybridized carbons (Fsp3) is 0.900. The molecule has 1 aliphatic rings. The van der Waals surface area contributed by atoms with E-state index >= 15 is 0 Å². The van der Waals surface area contributed by atoms with Gasteiger partial charge in [0.25, 0.3) is 0 Å². The second kappa shape index (κ2) is 7.56. The molecule has 1 rings (SSSR count). The molecule has 0 aromatic rings. The third-order valence-electron chi connectivity index (χ3n) is 2.21. The van der Waals surface area contributed by atoms with E-state index in [4.69, 9.17) is 16.6 Å². The number of nitrogens with zero attached hydrogens (tertiary/aromatic N) is 1. The van der Waals surface area contributed by atoms with Gasteiger partial charge in [0.2, 0.25) is 0 Å². The summed E-state index contributed by atoms with van der Waals surface area (Å²) in [5.41, 5.74) is 9.39. The molecule has 0 aromatic heterocycles. The van der Waals surface area contributed by atoms with E-state index in [0.29, 0.717) is 0 Å². The second-order valence-corrected chi connectivity index (χ2v) is 4.41. The van der Waals surface area contributed by atoms with Crippen LogP contribution in [0.1, 0.15) is 13.8 Å². The van der Waals surface area contributed by atoms with Crippen LogP contribution >= 0.6 is 0 Å². The van der Waals surface area contributed by atoms with Crippen LogP contribution in [0.2, 0.25) is 0 Å². The molecule has 16 heavy (non-hydrogen) atoms. The van der Waals surface area contributed by atoms with Crippen molar-refractivity contribution in [3.63, 3.8) is 0 Å². The van der Waals surface area contributed by atoms with E-state index in [9.17, 15) is 4.79 Å². The van der Waals surface area contributed by atoms with Crippen LogP contribution in [0, 0.1) is 0 Å². The molecule has 0 saturated carbocycles. The minimum absolute atomic E-state index is 0.792. The third-order valence-corrected chi connectivity index (χ3v) is 2.21. The Labute approximate surface area is 97.0 Å². The van der Waals surface area contributed by atoms with Crippen molar-refractivity contribution in [1.82, 2.24) is 10.2 Å². The van der Waals surface area contributed by atoms with Gasteiger partial charge in [0.1, 0.15) is 5.54 Å². The highest BCUT2D eigenvalue weighted by molar-refractivity contribution is 5.77. The Balaban J connectivity index is 0.000000293. The summed E-state index contributed by atoms with van der Waals surface area (Å²) in [6, 6.07) is 0. The summed E-state index contributed by atoms with van der Waals surface area (Å²) in [5.74, 6) is -0.979. The van der Waals surface area contributed by atoms with Crippen molar-refractivity contribution in [1.29, 1.82) is 0 Å². The highest BCUT2D eigenvalue weighted by atomic mass is 16.4. The van der Waals surface area contributed by atoms with Gasteiger partial charge < -0.3 is 21.9 Å². The predicted octanol–water partition coefficient (Wildman–Crippen LogP) is -1.34. The molecule has 0 radical (unpaired) electrons. The smallest absolute Gasteiger partial charge is 0.323 e. The number of carbonyl (C=O) groups is 1. The van der Waals surface area contributed by atoms with E-state index in [1.165, 1.54) is 13.8 Å². The minimum atomic E-state index is -1.08. The summed E-state index contributed by atoms with van der Waals surface area (Å²) in [6.45, 7) is 9.31. The summed E-state index contributed by atoms with van der Waals surface area (Å²) in [4.78, 5) is 12.3. The molecule has 96 valence electrons. The van der Waals surface area contributed by atoms with Crippen molar-refractivity contribution in [3.8, 4) is 0 Å². The fourth-order valence-electron chi connectivity index (χ4n) is 1.12. The number of carboxylic acid groups (broad SMARTS) is 1. The number of nitrogens with two attached hydrogens (primary N) is 2. The molecule has 0 amide bonds. The first-order chi connectivity index (χ1) is 7.38. The van der Waals surface area contributed by atoms with Crippen LogP contribution in [0.5, 0.6) is 0 Å². The van der Waals surface area contributed by atoms with Crippen LogP contribution in [-0.2, 0) is 4.79 Å². The number of hydrogen-bond acceptors (Lipinski definition) is 5. The number of aliphatic carboxylic acids is 1. The highest BCUT2D eigenvalue weighted by Gasteiger charge is 2.19. The van der Waals surface area contributed by atoms with E-state index in [1.54, 1.807) is 0 Å². The van der Waals surface area contributed by atoms with Gasteiger partial charge in [-0.05, 0) is 13.8 Å². The Hall–Kier alpha value is -0.690. The topological polar surface area (TPSA) is 105 Å². The highest BCUT2D eigenvalue weighted by Crippen LogP contribution is 1.93. The lowest BCUT2D eigenvalue weighted by atomic mass is 10.1. The van der Waals surface area contributed by atoms with E-state index in [1.807, 2.05) is 0 Å². The molecule has 0 unspecified atom stereocenters. The van der Waals surface area contributed by atoms with Gasteiger partial charge in [-0.15, -0.1) is 0 Å². The maximum Gasteiger partial charge on any atom is 0.323 e. The van der Waals surface area contributed by atoms with Crippen LogP contribution in [0.25, 0.3) is 0 Å². The molecule has 1 saturated heterocycles. The first-order valence-electron chi connectivity index (χ1n) is 5.53. The van der Waals surface area contributed by atoms with Gasteiger partial charge in [0.05, 0.1) is 0 Å². The molecule has 6 N–H and O–H groups in total. The van der Waals surface area contributed by atoms with E-state index in [2.05, 4.69) is 10.2 Å². The van der Waals surface area contributed by atoms with Crippen LogP contribution in [0.15, 0.2) is 0 Å². The lowest BCUT2D eigenvalue weighted by Gasteiger charge is -2.26. The average molecular weight is 232 g/mol. The minimum Gasteiger partial charge on any atom is -0.480 e. The average Bonchev–Trinajstić information content (AvgIpc) is 2.19. The Morgan fingerprint density at radius 3 is 2.19 bits per heavy atom. The maximum absolute atomic E-state index is 9.90. The lowest BCUT2D eigenvalue weighted by molar-refractivity contribution is -0.141. The number of nitrogens with one attached hydrogen (secondary N) is 1. The van der Waals surface area contributed by atoms with Crippen molar-refractivity contribution >= 4 is 5.97 Å². The molecule has 0 aliphatic carbocycles. The van der Waals surface area contributed by atoms with Crippen molar-refractivity contribution in [2.45, 2.75) is 19.4 Å². The number of piperazine rings is 1. The summed E-state index contributed by atoms with van der Waals surface area (Å²) in [6.07, 6.45) is 0. The van der Waals surface area contributed by atoms with Gasteiger partial charge in [-0.25, -0.2) is 0 Å². The number of hydrogen-bond donors (Lipinski definition) is 4. The molecule has 1 heterocycles. The molecule has 0 aromatic carbocycles. The van der Waals surface area contributed by atoms with Crippen LogP contribution in [-0.4, -0.2) is 60.8 Å². The standard InChI is InChI=1S/C6H15N3.C4H9NO2/c7-1-4-9-5-2-8-3-6-9;1-4(2,5)3(6)7/h8H,1-7H2;5H2,1-2H3,(H,6,7). The summed E-state index contributed by atoms with van der Waals surface area (Å²) >= 11 is 0. The van der Waals surface area contributed by atoms with Crippen molar-refractivity contribution in [3.05, 3.63) is 0 Å². The SMILES string of the molecule is CC(C)(N)C(=O)O.NCCN1CCNCC1. The summed E-state index contributed by atoms with van der Waals surface area (Å²) in [5, 5.41) is 11.4. The fourth-order valence-corrected chi connectivity index (χ4v) is 1.12. The van der Waals surface area contributed by atoms with Gasteiger partial charge in [-0.1, -0.05) is 0 Å². The molecule has 1 fully saturated rings. The van der Waals surface area contributed by atoms with Gasteiger partial charge in [0, 0.05) is 39.3 Å². The molecular formula is C10H24N4O2. The first-order valence-corrected chi connectivity index (χ1v) is 5.53. The van der Waals surface area contributed by atoms with Gasteiger partial charge >= 0.3 is 5.97 Å². The second-order valence-electron chi connectivity index (χ2n) is 4.41. The Morgan fingerprint density at radius 2 is 1.88 bits per heavy atom. The quantitative estimate of drug-likeness (QED) is 0.480. The molecule has 0 bridgehead atoms. The molecule has 6 nitrogen and oxygen atoms in total. The van der Waals surface area contributed by atoms with Crippen LogP contribution in [0.3, 0.4) is 0 Å². The zero-order valence-electron chi connectivity index (χ0n) is 10.2. The molecule has 6 heteroatoms. The van der Waals surface area contributed by atoms with E-state index in [0.717, 1.165) is 39.3 Å². The van der Waals surface area contributed by atoms with Crippen molar-refractivity contribution in [2.75, 3.05) is 39.3 Å². The van der Waals surface area contributed by atoms with Gasteiger partial charge in [-0.3, -0.25) is 9.69 Å². The first kappa shape index (κ1) is 15.3. The van der Waals surface area contributed by atoms with Crippen LogP contribution in [0.4, 0.5) is 0 Å². The van der Waals surface area contributed by atoms with Crippen molar-refractivity contribution in [2.24, 2.45) is 11.5 Å². The zero-order chi connectivity index (χ0) is 12.6. The monoisotopic (exact) mass is 232 g/mol. The number of rotatable bonds is 3. The van der Waals surface area contributed by atoms with Gasteiger partial charge in [-0.2, -0.15) is 0 Å². The Morgan fingerprint density at radius 1 is 1.44 bits per heavy atom.